The summed E-state index contributed by atoms with van der Waals surface area (Å²) in [7, 11) is 0. The van der Waals surface area contributed by atoms with Crippen molar-refractivity contribution in [1.82, 2.24) is 4.90 Å². The molecule has 1 saturated heterocycles. The molecule has 0 unspecified atom stereocenters. The van der Waals surface area contributed by atoms with Crippen LogP contribution in [0.25, 0.3) is 0 Å². The minimum absolute atomic E-state index is 0.185. The first-order valence-corrected chi connectivity index (χ1v) is 5.98. The highest BCUT2D eigenvalue weighted by Crippen LogP contribution is 2.21. The molecule has 5 nitrogen and oxygen atoms in total. The van der Waals surface area contributed by atoms with Gasteiger partial charge in [-0.1, -0.05) is 30.4 Å². The number of barbiturate groups is 1. The van der Waals surface area contributed by atoms with Crippen LogP contribution in [0.5, 0.6) is 0 Å². The summed E-state index contributed by atoms with van der Waals surface area (Å²) in [5.41, 5.74) is 0.482. The van der Waals surface area contributed by atoms with Gasteiger partial charge in [-0.15, -0.1) is 0 Å². The number of amides is 4. The Morgan fingerprint density at radius 2 is 1.79 bits per heavy atom. The van der Waals surface area contributed by atoms with Crippen molar-refractivity contribution in [3.8, 4) is 0 Å². The molecule has 1 aliphatic rings. The summed E-state index contributed by atoms with van der Waals surface area (Å²) < 4.78 is 0. The van der Waals surface area contributed by atoms with Gasteiger partial charge >= 0.3 is 6.03 Å². The lowest BCUT2D eigenvalue weighted by molar-refractivity contribution is -0.134. The van der Waals surface area contributed by atoms with Gasteiger partial charge in [-0.05, 0) is 19.1 Å². The molecule has 0 spiro atoms. The third kappa shape index (κ3) is 2.54. The summed E-state index contributed by atoms with van der Waals surface area (Å²) in [6, 6.07) is 8.01. The van der Waals surface area contributed by atoms with Crippen molar-refractivity contribution in [1.29, 1.82) is 0 Å². The van der Waals surface area contributed by atoms with E-state index in [1.165, 1.54) is 0 Å². The van der Waals surface area contributed by atoms with Gasteiger partial charge in [0, 0.05) is 6.54 Å². The first-order chi connectivity index (χ1) is 9.15. The molecule has 4 amide bonds. The lowest BCUT2D eigenvalue weighted by Gasteiger charge is -2.32. The van der Waals surface area contributed by atoms with Crippen molar-refractivity contribution in [3.05, 3.63) is 42.5 Å². The third-order valence-electron chi connectivity index (χ3n) is 2.81. The second-order valence-electron chi connectivity index (χ2n) is 4.10. The van der Waals surface area contributed by atoms with Gasteiger partial charge in [0.25, 0.3) is 0 Å². The standard InChI is InChI=1S/C14H14N2O3/c1-2-3-9-15-12(17)10-13(18)16(14(15)19)11-7-5-4-6-8-11/h2-8H,9-10H2,1H3. The molecule has 0 bridgehead atoms. The van der Waals surface area contributed by atoms with Crippen molar-refractivity contribution in [2.45, 2.75) is 13.3 Å². The third-order valence-corrected chi connectivity index (χ3v) is 2.81. The smallest absolute Gasteiger partial charge is 0.274 e. The van der Waals surface area contributed by atoms with Crippen LogP contribution in [0.4, 0.5) is 10.5 Å². The monoisotopic (exact) mass is 258 g/mol. The predicted octanol–water partition coefficient (Wildman–Crippen LogP) is 1.95. The Bertz CT molecular complexity index is 537. The van der Waals surface area contributed by atoms with E-state index in [0.717, 1.165) is 9.80 Å². The summed E-state index contributed by atoms with van der Waals surface area (Å²) >= 11 is 0. The highest BCUT2D eigenvalue weighted by atomic mass is 16.2. The topological polar surface area (TPSA) is 57.7 Å². The number of allylic oxidation sites excluding steroid dienone is 1. The lowest BCUT2D eigenvalue weighted by Crippen LogP contribution is -2.55. The molecule has 19 heavy (non-hydrogen) atoms. The summed E-state index contributed by atoms with van der Waals surface area (Å²) in [6.45, 7) is 1.99. The Morgan fingerprint density at radius 3 is 2.42 bits per heavy atom. The van der Waals surface area contributed by atoms with Gasteiger partial charge in [-0.2, -0.15) is 0 Å². The zero-order chi connectivity index (χ0) is 13.8. The van der Waals surface area contributed by atoms with Crippen LogP contribution in [-0.2, 0) is 9.59 Å². The van der Waals surface area contributed by atoms with Gasteiger partial charge in [0.2, 0.25) is 11.8 Å². The quantitative estimate of drug-likeness (QED) is 0.615. The van der Waals surface area contributed by atoms with Gasteiger partial charge < -0.3 is 0 Å². The van der Waals surface area contributed by atoms with Gasteiger partial charge in [0.15, 0.2) is 0 Å². The molecule has 1 heterocycles. The van der Waals surface area contributed by atoms with Crippen LogP contribution in [0, 0.1) is 0 Å². The van der Waals surface area contributed by atoms with Crippen molar-refractivity contribution in [2.75, 3.05) is 11.4 Å². The number of carbonyl (C=O) groups excluding carboxylic acids is 3. The number of para-hydroxylation sites is 1. The van der Waals surface area contributed by atoms with E-state index in [1.54, 1.807) is 49.4 Å². The van der Waals surface area contributed by atoms with Gasteiger partial charge in [-0.3, -0.25) is 14.5 Å². The Balaban J connectivity index is 2.31. The van der Waals surface area contributed by atoms with Crippen LogP contribution < -0.4 is 4.90 Å². The molecular weight excluding hydrogens is 244 g/mol. The minimum Gasteiger partial charge on any atom is -0.274 e. The van der Waals surface area contributed by atoms with E-state index in [4.69, 9.17) is 0 Å². The van der Waals surface area contributed by atoms with Crippen LogP contribution in [0.15, 0.2) is 42.5 Å². The fourth-order valence-corrected chi connectivity index (χ4v) is 1.86. The summed E-state index contributed by atoms with van der Waals surface area (Å²) in [5, 5.41) is 0. The number of hydrogen-bond donors (Lipinski definition) is 0. The normalized spacial score (nSPS) is 16.6. The van der Waals surface area contributed by atoms with Crippen LogP contribution in [0.1, 0.15) is 13.3 Å². The molecule has 0 saturated carbocycles. The number of carbonyl (C=O) groups is 3. The molecule has 0 radical (unpaired) electrons. The molecule has 0 aliphatic carbocycles. The van der Waals surface area contributed by atoms with Crippen molar-refractivity contribution in [2.24, 2.45) is 0 Å². The SMILES string of the molecule is CC=CCN1C(=O)CC(=O)N(c2ccccc2)C1=O. The summed E-state index contributed by atoms with van der Waals surface area (Å²) in [6.07, 6.45) is 3.18. The van der Waals surface area contributed by atoms with Crippen molar-refractivity contribution in [3.63, 3.8) is 0 Å². The fraction of sp³-hybridized carbons (Fsp3) is 0.214. The van der Waals surface area contributed by atoms with E-state index >= 15 is 0 Å². The van der Waals surface area contributed by atoms with E-state index in [2.05, 4.69) is 0 Å². The average molecular weight is 258 g/mol. The second kappa shape index (κ2) is 5.48. The molecule has 1 aliphatic heterocycles. The Kier molecular flexibility index (Phi) is 3.75. The Morgan fingerprint density at radius 1 is 1.11 bits per heavy atom. The maximum absolute atomic E-state index is 12.2. The second-order valence-corrected chi connectivity index (χ2v) is 4.10. The van der Waals surface area contributed by atoms with Crippen LogP contribution >= 0.6 is 0 Å². The Labute approximate surface area is 111 Å². The molecule has 5 heteroatoms. The van der Waals surface area contributed by atoms with Crippen LogP contribution in [0.2, 0.25) is 0 Å². The largest absolute Gasteiger partial charge is 0.338 e. The maximum atomic E-state index is 12.2. The summed E-state index contributed by atoms with van der Waals surface area (Å²) in [5.74, 6) is -0.946. The maximum Gasteiger partial charge on any atom is 0.338 e. The number of imide groups is 2. The first-order valence-electron chi connectivity index (χ1n) is 5.98. The van der Waals surface area contributed by atoms with E-state index < -0.39 is 17.8 Å². The average Bonchev–Trinajstić information content (AvgIpc) is 2.39. The minimum atomic E-state index is -0.592. The molecule has 0 aromatic heterocycles. The molecule has 1 aromatic carbocycles. The van der Waals surface area contributed by atoms with Crippen LogP contribution in [-0.4, -0.2) is 29.3 Å². The molecule has 0 atom stereocenters. The van der Waals surface area contributed by atoms with Gasteiger partial charge in [0.1, 0.15) is 6.42 Å². The van der Waals surface area contributed by atoms with Gasteiger partial charge in [0.05, 0.1) is 5.69 Å². The van der Waals surface area contributed by atoms with Crippen molar-refractivity contribution >= 4 is 23.5 Å². The first kappa shape index (κ1) is 13.0. The zero-order valence-electron chi connectivity index (χ0n) is 10.6. The number of anilines is 1. The number of benzene rings is 1. The molecule has 1 aromatic rings. The number of urea groups is 1. The number of hydrogen-bond acceptors (Lipinski definition) is 3. The molecule has 98 valence electrons. The van der Waals surface area contributed by atoms with E-state index in [0.29, 0.717) is 5.69 Å². The van der Waals surface area contributed by atoms with E-state index in [1.807, 2.05) is 0 Å². The van der Waals surface area contributed by atoms with E-state index in [-0.39, 0.29) is 13.0 Å². The molecule has 0 N–H and O–H groups in total. The lowest BCUT2D eigenvalue weighted by atomic mass is 10.2. The highest BCUT2D eigenvalue weighted by Gasteiger charge is 2.37. The van der Waals surface area contributed by atoms with Gasteiger partial charge in [-0.25, -0.2) is 9.69 Å². The van der Waals surface area contributed by atoms with Crippen molar-refractivity contribution < 1.29 is 14.4 Å². The van der Waals surface area contributed by atoms with E-state index in [9.17, 15) is 14.4 Å². The highest BCUT2D eigenvalue weighted by molar-refractivity contribution is 6.26. The number of nitrogens with zero attached hydrogens (tertiary/aromatic N) is 2. The Hall–Kier alpha value is -2.43. The predicted molar refractivity (Wildman–Crippen MR) is 70.5 cm³/mol. The molecule has 2 rings (SSSR count). The van der Waals surface area contributed by atoms with Crippen LogP contribution in [0.3, 0.4) is 0 Å². The molecule has 1 fully saturated rings. The molecular formula is C14H14N2O3. The number of rotatable bonds is 3. The zero-order valence-corrected chi connectivity index (χ0v) is 10.6. The fourth-order valence-electron chi connectivity index (χ4n) is 1.86. The summed E-state index contributed by atoms with van der Waals surface area (Å²) in [4.78, 5) is 37.9.